The number of nitrogens with zero attached hydrogens (tertiary/aromatic N) is 2. The first-order valence-electron chi connectivity index (χ1n) is 9.50. The Morgan fingerprint density at radius 1 is 1.32 bits per heavy atom. The summed E-state index contributed by atoms with van der Waals surface area (Å²) in [5.41, 5.74) is 1.80. The molecule has 0 aliphatic carbocycles. The van der Waals surface area contributed by atoms with E-state index in [9.17, 15) is 9.59 Å². The van der Waals surface area contributed by atoms with Crippen LogP contribution in [0, 0.1) is 6.92 Å². The molecule has 0 spiro atoms. The molecule has 0 atom stereocenters. The van der Waals surface area contributed by atoms with Crippen LogP contribution in [0.3, 0.4) is 0 Å². The van der Waals surface area contributed by atoms with Crippen molar-refractivity contribution in [1.29, 1.82) is 0 Å². The molecular formula is C21H22N2O4S. The lowest BCUT2D eigenvalue weighted by atomic mass is 10.2. The van der Waals surface area contributed by atoms with Crippen molar-refractivity contribution in [3.63, 3.8) is 0 Å². The molecule has 1 aromatic carbocycles. The van der Waals surface area contributed by atoms with Gasteiger partial charge >= 0.3 is 5.97 Å². The average Bonchev–Trinajstić information content (AvgIpc) is 3.30. The van der Waals surface area contributed by atoms with Gasteiger partial charge in [-0.05, 0) is 43.0 Å². The molecule has 28 heavy (non-hydrogen) atoms. The van der Waals surface area contributed by atoms with Gasteiger partial charge in [-0.15, -0.1) is 11.3 Å². The standard InChI is InChI=1S/C21H22N2O4S/c1-3-14-6-4-7-15(12-14)26-10-11-27-21(25)18-13(2)17-19(28-18)22-16-8-5-9-23(16)20(17)24/h4,6-7,12H,3,5,8-11H2,1-2H3. The summed E-state index contributed by atoms with van der Waals surface area (Å²) >= 11 is 1.23. The van der Waals surface area contributed by atoms with Crippen LogP contribution < -0.4 is 10.3 Å². The van der Waals surface area contributed by atoms with Crippen LogP contribution in [0.1, 0.15) is 40.0 Å². The van der Waals surface area contributed by atoms with Gasteiger partial charge in [0.1, 0.15) is 34.5 Å². The summed E-state index contributed by atoms with van der Waals surface area (Å²) in [6, 6.07) is 7.86. The quantitative estimate of drug-likeness (QED) is 0.469. The van der Waals surface area contributed by atoms with E-state index in [2.05, 4.69) is 11.9 Å². The third kappa shape index (κ3) is 3.42. The molecule has 4 rings (SSSR count). The van der Waals surface area contributed by atoms with Gasteiger partial charge in [0.15, 0.2) is 0 Å². The van der Waals surface area contributed by atoms with Crippen molar-refractivity contribution < 1.29 is 14.3 Å². The van der Waals surface area contributed by atoms with Gasteiger partial charge in [-0.25, -0.2) is 9.78 Å². The van der Waals surface area contributed by atoms with E-state index < -0.39 is 5.97 Å². The lowest BCUT2D eigenvalue weighted by Gasteiger charge is -2.08. The molecule has 1 aliphatic heterocycles. The maximum Gasteiger partial charge on any atom is 0.348 e. The Bertz CT molecular complexity index is 1100. The number of aromatic nitrogens is 2. The van der Waals surface area contributed by atoms with E-state index in [4.69, 9.17) is 9.47 Å². The van der Waals surface area contributed by atoms with Gasteiger partial charge in [-0.1, -0.05) is 19.1 Å². The lowest BCUT2D eigenvalue weighted by Crippen LogP contribution is -2.20. The highest BCUT2D eigenvalue weighted by molar-refractivity contribution is 7.20. The molecule has 0 unspecified atom stereocenters. The molecule has 0 N–H and O–H groups in total. The highest BCUT2D eigenvalue weighted by atomic mass is 32.1. The molecule has 0 fully saturated rings. The van der Waals surface area contributed by atoms with Crippen molar-refractivity contribution in [3.8, 4) is 5.75 Å². The summed E-state index contributed by atoms with van der Waals surface area (Å²) in [6.07, 6.45) is 2.68. The fourth-order valence-electron chi connectivity index (χ4n) is 3.48. The average molecular weight is 398 g/mol. The molecule has 2 aromatic heterocycles. The normalized spacial score (nSPS) is 12.9. The Balaban J connectivity index is 1.43. The monoisotopic (exact) mass is 398 g/mol. The number of esters is 1. The minimum absolute atomic E-state index is 0.0514. The molecule has 146 valence electrons. The van der Waals surface area contributed by atoms with Crippen molar-refractivity contribution in [1.82, 2.24) is 9.55 Å². The Labute approximate surface area is 166 Å². The first kappa shape index (κ1) is 18.7. The zero-order valence-electron chi connectivity index (χ0n) is 16.0. The molecule has 1 aliphatic rings. The molecule has 0 saturated carbocycles. The SMILES string of the molecule is CCc1cccc(OCCOC(=O)c2sc3nc4n(c(=O)c3c2C)CCC4)c1. The highest BCUT2D eigenvalue weighted by Gasteiger charge is 2.23. The van der Waals surface area contributed by atoms with Crippen LogP contribution in [0.4, 0.5) is 0 Å². The van der Waals surface area contributed by atoms with Gasteiger partial charge in [0, 0.05) is 13.0 Å². The van der Waals surface area contributed by atoms with Gasteiger partial charge in [-0.3, -0.25) is 9.36 Å². The molecule has 0 saturated heterocycles. The number of aryl methyl sites for hydroxylation is 3. The third-order valence-corrected chi connectivity index (χ3v) is 6.15. The molecule has 7 heteroatoms. The fraction of sp³-hybridized carbons (Fsp3) is 0.381. The second kappa shape index (κ2) is 7.75. The molecule has 0 amide bonds. The van der Waals surface area contributed by atoms with Gasteiger partial charge in [0.25, 0.3) is 5.56 Å². The summed E-state index contributed by atoms with van der Waals surface area (Å²) in [4.78, 5) is 30.9. The van der Waals surface area contributed by atoms with Crippen LogP contribution in [0.15, 0.2) is 29.1 Å². The van der Waals surface area contributed by atoms with Crippen molar-refractivity contribution in [2.45, 2.75) is 39.7 Å². The number of thiophene rings is 1. The van der Waals surface area contributed by atoms with Gasteiger partial charge in [0.2, 0.25) is 0 Å². The summed E-state index contributed by atoms with van der Waals surface area (Å²) in [6.45, 7) is 4.99. The van der Waals surface area contributed by atoms with Crippen LogP contribution in [0.5, 0.6) is 5.75 Å². The number of hydrogen-bond acceptors (Lipinski definition) is 6. The molecule has 0 radical (unpaired) electrons. The zero-order chi connectivity index (χ0) is 19.7. The maximum atomic E-state index is 12.7. The Kier molecular flexibility index (Phi) is 5.17. The second-order valence-corrected chi connectivity index (χ2v) is 7.81. The minimum Gasteiger partial charge on any atom is -0.490 e. The molecule has 3 aromatic rings. The number of carbonyl (C=O) groups is 1. The van der Waals surface area contributed by atoms with E-state index in [-0.39, 0.29) is 18.8 Å². The second-order valence-electron chi connectivity index (χ2n) is 6.81. The zero-order valence-corrected chi connectivity index (χ0v) is 16.8. The smallest absolute Gasteiger partial charge is 0.348 e. The van der Waals surface area contributed by atoms with E-state index in [0.29, 0.717) is 27.2 Å². The van der Waals surface area contributed by atoms with Gasteiger partial charge in [-0.2, -0.15) is 0 Å². The van der Waals surface area contributed by atoms with Gasteiger partial charge in [0.05, 0.1) is 5.39 Å². The van der Waals surface area contributed by atoms with E-state index >= 15 is 0 Å². The fourth-order valence-corrected chi connectivity index (χ4v) is 4.57. The number of benzene rings is 1. The van der Waals surface area contributed by atoms with E-state index in [1.165, 1.54) is 16.9 Å². The number of ether oxygens (including phenoxy) is 2. The largest absolute Gasteiger partial charge is 0.490 e. The van der Waals surface area contributed by atoms with Crippen molar-refractivity contribution in [2.75, 3.05) is 13.2 Å². The Hall–Kier alpha value is -2.67. The molecule has 6 nitrogen and oxygen atoms in total. The summed E-state index contributed by atoms with van der Waals surface area (Å²) in [5, 5.41) is 0.537. The first-order valence-corrected chi connectivity index (χ1v) is 10.3. The first-order chi connectivity index (χ1) is 13.6. The topological polar surface area (TPSA) is 70.4 Å². The van der Waals surface area contributed by atoms with Crippen LogP contribution in [0.25, 0.3) is 10.2 Å². The van der Waals surface area contributed by atoms with Crippen LogP contribution in [0.2, 0.25) is 0 Å². The van der Waals surface area contributed by atoms with Crippen LogP contribution >= 0.6 is 11.3 Å². The summed E-state index contributed by atoms with van der Waals surface area (Å²) in [7, 11) is 0. The van der Waals surface area contributed by atoms with E-state index in [1.807, 2.05) is 24.3 Å². The molecule has 0 bridgehead atoms. The Morgan fingerprint density at radius 2 is 2.18 bits per heavy atom. The third-order valence-electron chi connectivity index (χ3n) is 4.99. The number of hydrogen-bond donors (Lipinski definition) is 0. The van der Waals surface area contributed by atoms with E-state index in [1.54, 1.807) is 11.5 Å². The predicted molar refractivity (Wildman–Crippen MR) is 109 cm³/mol. The van der Waals surface area contributed by atoms with Crippen molar-refractivity contribution in [3.05, 3.63) is 56.4 Å². The number of fused-ring (bicyclic) bond motifs is 2. The number of carbonyl (C=O) groups excluding carboxylic acids is 1. The Morgan fingerprint density at radius 3 is 3.00 bits per heavy atom. The molecular weight excluding hydrogens is 376 g/mol. The van der Waals surface area contributed by atoms with Crippen molar-refractivity contribution >= 4 is 27.5 Å². The lowest BCUT2D eigenvalue weighted by molar-refractivity contribution is 0.0455. The number of rotatable bonds is 6. The summed E-state index contributed by atoms with van der Waals surface area (Å²) in [5.74, 6) is 1.14. The predicted octanol–water partition coefficient (Wildman–Crippen LogP) is 3.51. The van der Waals surface area contributed by atoms with Crippen LogP contribution in [-0.4, -0.2) is 28.7 Å². The van der Waals surface area contributed by atoms with Gasteiger partial charge < -0.3 is 9.47 Å². The van der Waals surface area contributed by atoms with Crippen molar-refractivity contribution in [2.24, 2.45) is 0 Å². The molecule has 3 heterocycles. The van der Waals surface area contributed by atoms with E-state index in [0.717, 1.165) is 30.8 Å². The summed E-state index contributed by atoms with van der Waals surface area (Å²) < 4.78 is 12.7. The maximum absolute atomic E-state index is 12.7. The minimum atomic E-state index is -0.434. The van der Waals surface area contributed by atoms with Crippen LogP contribution in [-0.2, 0) is 24.1 Å². The highest BCUT2D eigenvalue weighted by Crippen LogP contribution is 2.29.